The Morgan fingerprint density at radius 2 is 1.64 bits per heavy atom. The Labute approximate surface area is 168 Å². The van der Waals surface area contributed by atoms with Crippen LogP contribution in [0.15, 0.2) is 6.07 Å². The normalized spacial score (nSPS) is 19.8. The van der Waals surface area contributed by atoms with Gasteiger partial charge in [0.15, 0.2) is 0 Å². The van der Waals surface area contributed by atoms with Crippen molar-refractivity contribution in [2.75, 3.05) is 25.0 Å². The lowest BCUT2D eigenvalue weighted by atomic mass is 9.94. The summed E-state index contributed by atoms with van der Waals surface area (Å²) in [7, 11) is -3.66. The molecule has 28 heavy (non-hydrogen) atoms. The Kier molecular flexibility index (Phi) is 4.94. The summed E-state index contributed by atoms with van der Waals surface area (Å²) in [6.07, 6.45) is 6.19. The average Bonchev–Trinajstić information content (AvgIpc) is 3.17. The van der Waals surface area contributed by atoms with E-state index in [9.17, 15) is 13.2 Å². The topological polar surface area (TPSA) is 78.5 Å². The summed E-state index contributed by atoms with van der Waals surface area (Å²) >= 11 is 0. The molecule has 1 saturated heterocycles. The zero-order valence-corrected chi connectivity index (χ0v) is 17.9. The van der Waals surface area contributed by atoms with Crippen molar-refractivity contribution in [3.05, 3.63) is 28.3 Å². The summed E-state index contributed by atoms with van der Waals surface area (Å²) < 4.78 is 27.5. The molecule has 1 fully saturated rings. The minimum atomic E-state index is -3.66. The highest BCUT2D eigenvalue weighted by molar-refractivity contribution is 7.90. The summed E-state index contributed by atoms with van der Waals surface area (Å²) in [4.78, 5) is 14.7. The first-order chi connectivity index (χ1) is 13.1. The first kappa shape index (κ1) is 19.7. The maximum absolute atomic E-state index is 12.6. The fraction of sp³-hybridized carbons (Fsp3) is 0.667. The standard InChI is InChI=1S/C21H31N3O3S/c1-21(2,3)13-24-11-16(12-24)28(26,27)23-20(25)22-19-17-8-4-6-14(17)10-15-7-5-9-18(15)19/h10,16H,4-9,11-13H2,1-3H3,(H2,22,23,25). The molecule has 2 aliphatic carbocycles. The Morgan fingerprint density at radius 1 is 1.07 bits per heavy atom. The molecule has 2 N–H and O–H groups in total. The van der Waals surface area contributed by atoms with Crippen LogP contribution in [0.4, 0.5) is 10.5 Å². The van der Waals surface area contributed by atoms with Crippen LogP contribution in [0.1, 0.15) is 55.9 Å². The zero-order valence-electron chi connectivity index (χ0n) is 17.1. The fourth-order valence-corrected chi connectivity index (χ4v) is 6.13. The molecule has 1 aromatic rings. The summed E-state index contributed by atoms with van der Waals surface area (Å²) in [5, 5.41) is 2.39. The second-order valence-electron chi connectivity index (χ2n) is 9.71. The van der Waals surface area contributed by atoms with E-state index in [0.717, 1.165) is 50.8 Å². The molecule has 3 aliphatic rings. The number of urea groups is 1. The molecule has 6 nitrogen and oxygen atoms in total. The van der Waals surface area contributed by atoms with Crippen LogP contribution >= 0.6 is 0 Å². The van der Waals surface area contributed by atoms with E-state index >= 15 is 0 Å². The molecule has 0 bridgehead atoms. The number of hydrogen-bond donors (Lipinski definition) is 2. The van der Waals surface area contributed by atoms with E-state index in [0.29, 0.717) is 13.1 Å². The van der Waals surface area contributed by atoms with Crippen molar-refractivity contribution in [1.29, 1.82) is 0 Å². The van der Waals surface area contributed by atoms with Gasteiger partial charge in [-0.05, 0) is 66.2 Å². The maximum atomic E-state index is 12.6. The summed E-state index contributed by atoms with van der Waals surface area (Å²) in [5.41, 5.74) is 6.04. The van der Waals surface area contributed by atoms with Crippen molar-refractivity contribution < 1.29 is 13.2 Å². The Balaban J connectivity index is 1.42. The van der Waals surface area contributed by atoms with Crippen LogP contribution in [0.5, 0.6) is 0 Å². The van der Waals surface area contributed by atoms with E-state index in [1.807, 2.05) is 0 Å². The molecule has 4 rings (SSSR count). The molecule has 0 saturated carbocycles. The molecule has 2 amide bonds. The number of aryl methyl sites for hydroxylation is 2. The predicted molar refractivity (Wildman–Crippen MR) is 111 cm³/mol. The number of hydrogen-bond acceptors (Lipinski definition) is 4. The number of rotatable bonds is 4. The highest BCUT2D eigenvalue weighted by Crippen LogP contribution is 2.38. The van der Waals surface area contributed by atoms with Gasteiger partial charge in [-0.3, -0.25) is 4.90 Å². The highest BCUT2D eigenvalue weighted by atomic mass is 32.2. The average molecular weight is 406 g/mol. The van der Waals surface area contributed by atoms with Gasteiger partial charge in [-0.25, -0.2) is 17.9 Å². The maximum Gasteiger partial charge on any atom is 0.332 e. The van der Waals surface area contributed by atoms with E-state index in [4.69, 9.17) is 0 Å². The van der Waals surface area contributed by atoms with Crippen LogP contribution in [0, 0.1) is 5.41 Å². The van der Waals surface area contributed by atoms with Crippen LogP contribution in [0.25, 0.3) is 0 Å². The lowest BCUT2D eigenvalue weighted by Crippen LogP contribution is -2.59. The van der Waals surface area contributed by atoms with E-state index in [1.165, 1.54) is 22.3 Å². The number of likely N-dealkylation sites (tertiary alicyclic amines) is 1. The monoisotopic (exact) mass is 405 g/mol. The first-order valence-electron chi connectivity index (χ1n) is 10.3. The second kappa shape index (κ2) is 7.02. The number of fused-ring (bicyclic) bond motifs is 2. The van der Waals surface area contributed by atoms with Crippen molar-refractivity contribution in [3.8, 4) is 0 Å². The smallest absolute Gasteiger partial charge is 0.307 e. The van der Waals surface area contributed by atoms with Crippen LogP contribution in [-0.4, -0.2) is 44.2 Å². The quantitative estimate of drug-likeness (QED) is 0.807. The molecule has 0 spiro atoms. The SMILES string of the molecule is CC(C)(C)CN1CC(S(=O)(=O)NC(=O)Nc2c3c(cc4c2CCC4)CCC3)C1. The molecule has 0 radical (unpaired) electrons. The first-order valence-corrected chi connectivity index (χ1v) is 11.9. The minimum Gasteiger partial charge on any atom is -0.307 e. The lowest BCUT2D eigenvalue weighted by molar-refractivity contribution is 0.128. The Hall–Kier alpha value is -1.60. The third-order valence-corrected chi connectivity index (χ3v) is 7.65. The van der Waals surface area contributed by atoms with Gasteiger partial charge in [0.25, 0.3) is 0 Å². The molecular weight excluding hydrogens is 374 g/mol. The number of anilines is 1. The molecule has 1 aromatic carbocycles. The van der Waals surface area contributed by atoms with Gasteiger partial charge in [-0.2, -0.15) is 0 Å². The molecular formula is C21H31N3O3S. The van der Waals surface area contributed by atoms with Gasteiger partial charge in [0.05, 0.1) is 0 Å². The molecule has 0 atom stereocenters. The summed E-state index contributed by atoms with van der Waals surface area (Å²) in [6.45, 7) is 8.23. The van der Waals surface area contributed by atoms with Crippen LogP contribution < -0.4 is 10.0 Å². The zero-order chi connectivity index (χ0) is 20.1. The minimum absolute atomic E-state index is 0.133. The second-order valence-corrected chi connectivity index (χ2v) is 11.7. The van der Waals surface area contributed by atoms with Gasteiger partial charge < -0.3 is 5.32 Å². The Morgan fingerprint density at radius 3 is 2.18 bits per heavy atom. The molecule has 1 aliphatic heterocycles. The summed E-state index contributed by atoms with van der Waals surface area (Å²) in [5.74, 6) is 0. The number of carbonyl (C=O) groups is 1. The van der Waals surface area contributed by atoms with Crippen LogP contribution in [0.3, 0.4) is 0 Å². The third-order valence-electron chi connectivity index (χ3n) is 6.01. The molecule has 1 heterocycles. The molecule has 7 heteroatoms. The van der Waals surface area contributed by atoms with Gasteiger partial charge in [0, 0.05) is 25.3 Å². The van der Waals surface area contributed by atoms with Crippen molar-refractivity contribution in [1.82, 2.24) is 9.62 Å². The molecule has 0 unspecified atom stereocenters. The highest BCUT2D eigenvalue weighted by Gasteiger charge is 2.39. The number of sulfonamides is 1. The van der Waals surface area contributed by atoms with Gasteiger partial charge in [-0.1, -0.05) is 26.8 Å². The van der Waals surface area contributed by atoms with E-state index < -0.39 is 21.3 Å². The predicted octanol–water partition coefficient (Wildman–Crippen LogP) is 2.85. The van der Waals surface area contributed by atoms with E-state index in [1.54, 1.807) is 0 Å². The van der Waals surface area contributed by atoms with Crippen molar-refractivity contribution in [3.63, 3.8) is 0 Å². The molecule has 0 aromatic heterocycles. The van der Waals surface area contributed by atoms with Gasteiger partial charge >= 0.3 is 6.03 Å². The van der Waals surface area contributed by atoms with Crippen molar-refractivity contribution in [2.45, 2.75) is 64.5 Å². The van der Waals surface area contributed by atoms with E-state index in [-0.39, 0.29) is 5.41 Å². The third kappa shape index (κ3) is 3.92. The number of benzene rings is 1. The Bertz CT molecular complexity index is 864. The van der Waals surface area contributed by atoms with Crippen LogP contribution in [-0.2, 0) is 35.7 Å². The summed E-state index contributed by atoms with van der Waals surface area (Å²) in [6, 6.07) is 1.67. The van der Waals surface area contributed by atoms with Crippen molar-refractivity contribution in [2.24, 2.45) is 5.41 Å². The number of amides is 2. The van der Waals surface area contributed by atoms with Crippen LogP contribution in [0.2, 0.25) is 0 Å². The van der Waals surface area contributed by atoms with Gasteiger partial charge in [-0.15, -0.1) is 0 Å². The largest absolute Gasteiger partial charge is 0.332 e. The van der Waals surface area contributed by atoms with E-state index in [2.05, 4.69) is 41.8 Å². The van der Waals surface area contributed by atoms with Crippen molar-refractivity contribution >= 4 is 21.7 Å². The number of nitrogens with one attached hydrogen (secondary N) is 2. The lowest BCUT2D eigenvalue weighted by Gasteiger charge is -2.41. The van der Waals surface area contributed by atoms with Gasteiger partial charge in [0.1, 0.15) is 5.25 Å². The fourth-order valence-electron chi connectivity index (χ4n) is 4.84. The van der Waals surface area contributed by atoms with Gasteiger partial charge in [0.2, 0.25) is 10.0 Å². The molecule has 154 valence electrons. The number of nitrogens with zero attached hydrogens (tertiary/aromatic N) is 1. The number of carbonyl (C=O) groups excluding carboxylic acids is 1.